The number of rotatable bonds is 9. The van der Waals surface area contributed by atoms with E-state index in [9.17, 15) is 8.42 Å². The number of aromatic nitrogens is 3. The molecule has 0 saturated heterocycles. The van der Waals surface area contributed by atoms with Crippen LogP contribution in [0.4, 0.5) is 17.3 Å². The van der Waals surface area contributed by atoms with Crippen LogP contribution in [0.2, 0.25) is 0 Å². The minimum absolute atomic E-state index is 0.113. The second-order valence-corrected chi connectivity index (χ2v) is 6.64. The van der Waals surface area contributed by atoms with E-state index in [0.29, 0.717) is 5.95 Å². The Balaban J connectivity index is 0.000000370. The number of anilines is 1. The molecular formula is C17H28N6O4S. The maximum atomic E-state index is 10.4. The molecule has 0 atom stereocenters. The van der Waals surface area contributed by atoms with E-state index in [0.717, 1.165) is 18.8 Å². The first-order valence-electron chi connectivity index (χ1n) is 9.01. The molecule has 0 radical (unpaired) electrons. The summed E-state index contributed by atoms with van der Waals surface area (Å²) in [6.45, 7) is 9.67. The van der Waals surface area contributed by atoms with Crippen molar-refractivity contribution in [3.05, 3.63) is 30.6 Å². The molecule has 0 aliphatic heterocycles. The zero-order valence-electron chi connectivity index (χ0n) is 16.9. The zero-order chi connectivity index (χ0) is 21.0. The third kappa shape index (κ3) is 8.11. The lowest BCUT2D eigenvalue weighted by Crippen LogP contribution is -2.21. The van der Waals surface area contributed by atoms with Crippen molar-refractivity contribution in [2.24, 2.45) is 17.3 Å². The highest BCUT2D eigenvalue weighted by atomic mass is 32.3. The standard InChI is InChI=1S/C13H18N6.C4H10O4S/c1-4-19(5-2)12-8-6-11(7-9-12)15-17-13-16-14-10-18(13)3;1-3-7-9(5,6)8-4-2/h6-10H,4-5H2,1-3H3;3-4H2,1-2H3. The fourth-order valence-corrected chi connectivity index (χ4v) is 2.76. The van der Waals surface area contributed by atoms with Gasteiger partial charge in [-0.1, -0.05) is 0 Å². The van der Waals surface area contributed by atoms with Crippen LogP contribution < -0.4 is 4.90 Å². The molecule has 1 aromatic heterocycles. The summed E-state index contributed by atoms with van der Waals surface area (Å²) < 4.78 is 30.9. The minimum atomic E-state index is -3.68. The summed E-state index contributed by atoms with van der Waals surface area (Å²) in [5.74, 6) is 0.493. The van der Waals surface area contributed by atoms with E-state index in [4.69, 9.17) is 0 Å². The lowest BCUT2D eigenvalue weighted by molar-refractivity contribution is 0.231. The summed E-state index contributed by atoms with van der Waals surface area (Å²) in [5.41, 5.74) is 2.00. The molecule has 11 heteroatoms. The topological polar surface area (TPSA) is 111 Å². The average Bonchev–Trinajstić information content (AvgIpc) is 3.07. The lowest BCUT2D eigenvalue weighted by Gasteiger charge is -2.20. The van der Waals surface area contributed by atoms with Gasteiger partial charge in [-0.05, 0) is 52.0 Å². The van der Waals surface area contributed by atoms with Crippen LogP contribution in [0.15, 0.2) is 40.8 Å². The van der Waals surface area contributed by atoms with Crippen molar-refractivity contribution in [1.82, 2.24) is 14.8 Å². The normalized spacial score (nSPS) is 11.3. The van der Waals surface area contributed by atoms with Gasteiger partial charge < -0.3 is 9.47 Å². The van der Waals surface area contributed by atoms with Crippen LogP contribution in [0, 0.1) is 0 Å². The van der Waals surface area contributed by atoms with Crippen molar-refractivity contribution in [2.75, 3.05) is 31.2 Å². The molecule has 0 bridgehead atoms. The fourth-order valence-electron chi connectivity index (χ4n) is 2.11. The van der Waals surface area contributed by atoms with Gasteiger partial charge in [0.25, 0.3) is 5.95 Å². The molecule has 0 aliphatic rings. The predicted molar refractivity (Wildman–Crippen MR) is 107 cm³/mol. The Morgan fingerprint density at radius 2 is 1.57 bits per heavy atom. The Hall–Kier alpha value is -2.37. The molecule has 1 heterocycles. The van der Waals surface area contributed by atoms with Gasteiger partial charge in [0.2, 0.25) is 0 Å². The molecule has 2 aromatic rings. The van der Waals surface area contributed by atoms with Crippen molar-refractivity contribution in [3.8, 4) is 0 Å². The van der Waals surface area contributed by atoms with Crippen molar-refractivity contribution in [3.63, 3.8) is 0 Å². The van der Waals surface area contributed by atoms with Gasteiger partial charge in [0.05, 0.1) is 18.9 Å². The largest absolute Gasteiger partial charge is 0.399 e. The van der Waals surface area contributed by atoms with Gasteiger partial charge >= 0.3 is 10.4 Å². The number of aryl methyl sites for hydroxylation is 1. The second-order valence-electron chi connectivity index (χ2n) is 5.35. The van der Waals surface area contributed by atoms with E-state index < -0.39 is 10.4 Å². The van der Waals surface area contributed by atoms with Crippen LogP contribution in [-0.2, 0) is 25.8 Å². The van der Waals surface area contributed by atoms with E-state index in [1.165, 1.54) is 5.69 Å². The maximum Gasteiger partial charge on any atom is 0.399 e. The molecule has 0 unspecified atom stereocenters. The first-order chi connectivity index (χ1) is 13.4. The Morgan fingerprint density at radius 1 is 1.00 bits per heavy atom. The summed E-state index contributed by atoms with van der Waals surface area (Å²) >= 11 is 0. The van der Waals surface area contributed by atoms with Crippen LogP contribution in [-0.4, -0.2) is 49.5 Å². The maximum absolute atomic E-state index is 10.4. The summed E-state index contributed by atoms with van der Waals surface area (Å²) in [7, 11) is -1.85. The van der Waals surface area contributed by atoms with Gasteiger partial charge in [-0.25, -0.2) is 8.37 Å². The summed E-state index contributed by atoms with van der Waals surface area (Å²) in [6.07, 6.45) is 1.60. The Morgan fingerprint density at radius 3 is 2.00 bits per heavy atom. The smallest absolute Gasteiger partial charge is 0.372 e. The van der Waals surface area contributed by atoms with Crippen LogP contribution in [0.5, 0.6) is 0 Å². The van der Waals surface area contributed by atoms with E-state index in [2.05, 4.69) is 59.7 Å². The van der Waals surface area contributed by atoms with Gasteiger partial charge in [0.15, 0.2) is 0 Å². The quantitative estimate of drug-likeness (QED) is 0.580. The molecule has 2 rings (SSSR count). The minimum Gasteiger partial charge on any atom is -0.372 e. The highest BCUT2D eigenvalue weighted by Gasteiger charge is 2.07. The lowest BCUT2D eigenvalue weighted by atomic mass is 10.2. The average molecular weight is 413 g/mol. The molecule has 0 aliphatic carbocycles. The molecule has 0 saturated carbocycles. The van der Waals surface area contributed by atoms with Crippen molar-refractivity contribution in [1.29, 1.82) is 0 Å². The predicted octanol–water partition coefficient (Wildman–Crippen LogP) is 3.38. The fraction of sp³-hybridized carbons (Fsp3) is 0.529. The monoisotopic (exact) mass is 412 g/mol. The molecule has 28 heavy (non-hydrogen) atoms. The Bertz CT molecular complexity index is 804. The first-order valence-corrected chi connectivity index (χ1v) is 10.3. The molecule has 0 spiro atoms. The third-order valence-electron chi connectivity index (χ3n) is 3.45. The number of hydrogen-bond donors (Lipinski definition) is 0. The third-order valence-corrected chi connectivity index (χ3v) is 4.49. The van der Waals surface area contributed by atoms with E-state index in [-0.39, 0.29) is 13.2 Å². The Labute approximate surface area is 166 Å². The molecule has 10 nitrogen and oxygen atoms in total. The van der Waals surface area contributed by atoms with E-state index in [1.807, 2.05) is 19.2 Å². The molecule has 0 fully saturated rings. The molecule has 0 amide bonds. The number of azo groups is 1. The number of nitrogens with zero attached hydrogens (tertiary/aromatic N) is 6. The molecule has 0 N–H and O–H groups in total. The van der Waals surface area contributed by atoms with Crippen LogP contribution in [0.1, 0.15) is 27.7 Å². The molecule has 156 valence electrons. The summed E-state index contributed by atoms with van der Waals surface area (Å²) in [4.78, 5) is 2.28. The Kier molecular flexibility index (Phi) is 10.3. The van der Waals surface area contributed by atoms with Crippen LogP contribution >= 0.6 is 0 Å². The van der Waals surface area contributed by atoms with Gasteiger partial charge in [-0.15, -0.1) is 20.4 Å². The number of benzene rings is 1. The zero-order valence-corrected chi connectivity index (χ0v) is 17.8. The molecular weight excluding hydrogens is 384 g/mol. The van der Waals surface area contributed by atoms with E-state index >= 15 is 0 Å². The highest BCUT2D eigenvalue weighted by Crippen LogP contribution is 2.21. The van der Waals surface area contributed by atoms with Gasteiger partial charge in [-0.3, -0.25) is 0 Å². The van der Waals surface area contributed by atoms with Crippen LogP contribution in [0.25, 0.3) is 0 Å². The summed E-state index contributed by atoms with van der Waals surface area (Å²) in [5, 5.41) is 15.8. The van der Waals surface area contributed by atoms with Gasteiger partial charge in [0.1, 0.15) is 6.33 Å². The van der Waals surface area contributed by atoms with Crippen molar-refractivity contribution >= 4 is 27.7 Å². The van der Waals surface area contributed by atoms with Crippen LogP contribution in [0.3, 0.4) is 0 Å². The highest BCUT2D eigenvalue weighted by molar-refractivity contribution is 7.81. The van der Waals surface area contributed by atoms with Gasteiger partial charge in [0, 0.05) is 25.8 Å². The van der Waals surface area contributed by atoms with E-state index in [1.54, 1.807) is 24.7 Å². The van der Waals surface area contributed by atoms with Crippen molar-refractivity contribution < 1.29 is 16.8 Å². The second kappa shape index (κ2) is 12.2. The van der Waals surface area contributed by atoms with Gasteiger partial charge in [-0.2, -0.15) is 8.42 Å². The SMILES string of the molecule is CCN(CC)c1ccc(N=Nc2nncn2C)cc1.CCOS(=O)(=O)OCC. The van der Waals surface area contributed by atoms with Crippen molar-refractivity contribution in [2.45, 2.75) is 27.7 Å². The first kappa shape index (κ1) is 23.7. The summed E-state index contributed by atoms with van der Waals surface area (Å²) in [6, 6.07) is 8.01. The molecule has 1 aromatic carbocycles. The number of hydrogen-bond acceptors (Lipinski definition) is 9.